The van der Waals surface area contributed by atoms with Crippen LogP contribution < -0.4 is 0 Å². The van der Waals surface area contributed by atoms with Gasteiger partial charge in [0.15, 0.2) is 0 Å². The van der Waals surface area contributed by atoms with Gasteiger partial charge in [-0.1, -0.05) is 13.0 Å². The monoisotopic (exact) mass is 314 g/mol. The Morgan fingerprint density at radius 1 is 1.35 bits per heavy atom. The van der Waals surface area contributed by atoms with Crippen LogP contribution in [0.5, 0.6) is 0 Å². The highest BCUT2D eigenvalue weighted by molar-refractivity contribution is 5.94. The second-order valence-corrected chi connectivity index (χ2v) is 6.65. The van der Waals surface area contributed by atoms with Crippen molar-refractivity contribution >= 4 is 11.6 Å². The van der Waals surface area contributed by atoms with Crippen molar-refractivity contribution in [3.63, 3.8) is 0 Å². The number of amides is 1. The van der Waals surface area contributed by atoms with Crippen LogP contribution in [0.4, 0.5) is 0 Å². The summed E-state index contributed by atoms with van der Waals surface area (Å²) >= 11 is 0. The van der Waals surface area contributed by atoms with Crippen LogP contribution >= 0.6 is 0 Å². The third-order valence-electron chi connectivity index (χ3n) is 4.93. The number of fused-ring (bicyclic) bond motifs is 1. The van der Waals surface area contributed by atoms with Crippen LogP contribution in [-0.4, -0.2) is 58.3 Å². The minimum atomic E-state index is 0.0921. The van der Waals surface area contributed by atoms with E-state index < -0.39 is 0 Å². The predicted molar refractivity (Wildman–Crippen MR) is 91.9 cm³/mol. The number of hydrogen-bond donors (Lipinski definition) is 0. The lowest BCUT2D eigenvalue weighted by Crippen LogP contribution is -2.45. The SMILES string of the molecule is CCc1nc2ccc(C)cn2c1C(=O)N(C)C1CCN(C)CC1. The van der Waals surface area contributed by atoms with E-state index in [2.05, 4.69) is 23.9 Å². The summed E-state index contributed by atoms with van der Waals surface area (Å²) < 4.78 is 1.96. The zero-order valence-corrected chi connectivity index (χ0v) is 14.5. The molecule has 0 bridgehead atoms. The van der Waals surface area contributed by atoms with Crippen LogP contribution in [0.15, 0.2) is 18.3 Å². The Kier molecular flexibility index (Phi) is 4.39. The predicted octanol–water partition coefficient (Wildman–Crippen LogP) is 2.37. The lowest BCUT2D eigenvalue weighted by molar-refractivity contribution is 0.0651. The number of imidazole rings is 1. The van der Waals surface area contributed by atoms with E-state index in [1.54, 1.807) is 0 Å². The fraction of sp³-hybridized carbons (Fsp3) is 0.556. The zero-order chi connectivity index (χ0) is 16.6. The topological polar surface area (TPSA) is 40.9 Å². The van der Waals surface area contributed by atoms with Crippen molar-refractivity contribution in [3.05, 3.63) is 35.3 Å². The molecule has 0 aliphatic carbocycles. The van der Waals surface area contributed by atoms with Gasteiger partial charge in [0, 0.05) is 19.3 Å². The standard InChI is InChI=1S/C18H26N4O/c1-5-15-17(22-12-13(2)6-7-16(22)19-15)18(23)21(4)14-8-10-20(3)11-9-14/h6-7,12,14H,5,8-11H2,1-4H3. The Bertz CT molecular complexity index is 713. The second kappa shape index (κ2) is 6.32. The number of piperidine rings is 1. The highest BCUT2D eigenvalue weighted by Gasteiger charge is 2.28. The van der Waals surface area contributed by atoms with Gasteiger partial charge in [-0.15, -0.1) is 0 Å². The van der Waals surface area contributed by atoms with Gasteiger partial charge < -0.3 is 9.80 Å². The summed E-state index contributed by atoms with van der Waals surface area (Å²) in [5, 5.41) is 0. The zero-order valence-electron chi connectivity index (χ0n) is 14.5. The number of aryl methyl sites for hydroxylation is 2. The molecule has 1 amide bonds. The smallest absolute Gasteiger partial charge is 0.272 e. The number of hydrogen-bond acceptors (Lipinski definition) is 3. The van der Waals surface area contributed by atoms with E-state index in [1.165, 1.54) is 0 Å². The van der Waals surface area contributed by atoms with Crippen LogP contribution in [0.2, 0.25) is 0 Å². The van der Waals surface area contributed by atoms with Gasteiger partial charge in [0.2, 0.25) is 0 Å². The molecule has 1 aliphatic rings. The highest BCUT2D eigenvalue weighted by atomic mass is 16.2. The molecule has 23 heavy (non-hydrogen) atoms. The van der Waals surface area contributed by atoms with Gasteiger partial charge in [0.1, 0.15) is 11.3 Å². The average molecular weight is 314 g/mol. The van der Waals surface area contributed by atoms with Gasteiger partial charge >= 0.3 is 0 Å². The number of aromatic nitrogens is 2. The molecule has 0 saturated carbocycles. The van der Waals surface area contributed by atoms with E-state index in [9.17, 15) is 4.79 Å². The number of carbonyl (C=O) groups excluding carboxylic acids is 1. The lowest BCUT2D eigenvalue weighted by atomic mass is 10.0. The first kappa shape index (κ1) is 16.0. The molecule has 1 fully saturated rings. The van der Waals surface area contributed by atoms with Gasteiger partial charge in [-0.2, -0.15) is 0 Å². The third-order valence-corrected chi connectivity index (χ3v) is 4.93. The summed E-state index contributed by atoms with van der Waals surface area (Å²) in [5.74, 6) is 0.0921. The van der Waals surface area contributed by atoms with Crippen molar-refractivity contribution in [3.8, 4) is 0 Å². The molecule has 2 aromatic rings. The van der Waals surface area contributed by atoms with Crippen molar-refractivity contribution < 1.29 is 4.79 Å². The molecule has 124 valence electrons. The number of likely N-dealkylation sites (tertiary alicyclic amines) is 1. The molecular weight excluding hydrogens is 288 g/mol. The van der Waals surface area contributed by atoms with Crippen molar-refractivity contribution in [1.82, 2.24) is 19.2 Å². The summed E-state index contributed by atoms with van der Waals surface area (Å²) in [4.78, 5) is 22.0. The number of pyridine rings is 1. The third kappa shape index (κ3) is 2.98. The van der Waals surface area contributed by atoms with E-state index in [4.69, 9.17) is 0 Å². The fourth-order valence-electron chi connectivity index (χ4n) is 3.39. The van der Waals surface area contributed by atoms with Crippen molar-refractivity contribution in [2.75, 3.05) is 27.2 Å². The molecule has 2 aromatic heterocycles. The summed E-state index contributed by atoms with van der Waals surface area (Å²) in [6.07, 6.45) is 4.85. The highest BCUT2D eigenvalue weighted by Crippen LogP contribution is 2.20. The molecule has 1 saturated heterocycles. The van der Waals surface area contributed by atoms with Crippen LogP contribution in [0, 0.1) is 6.92 Å². The Morgan fingerprint density at radius 3 is 2.70 bits per heavy atom. The van der Waals surface area contributed by atoms with Crippen LogP contribution in [0.25, 0.3) is 5.65 Å². The molecule has 3 heterocycles. The summed E-state index contributed by atoms with van der Waals surface area (Å²) in [6, 6.07) is 4.34. The molecule has 0 atom stereocenters. The number of carbonyl (C=O) groups is 1. The Hall–Kier alpha value is -1.88. The van der Waals surface area contributed by atoms with E-state index in [-0.39, 0.29) is 5.91 Å². The van der Waals surface area contributed by atoms with Crippen LogP contribution in [-0.2, 0) is 6.42 Å². The van der Waals surface area contributed by atoms with Crippen molar-refractivity contribution in [1.29, 1.82) is 0 Å². The molecular formula is C18H26N4O. The van der Waals surface area contributed by atoms with Crippen molar-refractivity contribution in [2.45, 2.75) is 39.2 Å². The lowest BCUT2D eigenvalue weighted by Gasteiger charge is -2.35. The molecule has 5 nitrogen and oxygen atoms in total. The maximum atomic E-state index is 13.1. The normalized spacial score (nSPS) is 16.9. The van der Waals surface area contributed by atoms with Gasteiger partial charge in [-0.05, 0) is 58.0 Å². The van der Waals surface area contributed by atoms with E-state index >= 15 is 0 Å². The first-order valence-corrected chi connectivity index (χ1v) is 8.44. The first-order valence-electron chi connectivity index (χ1n) is 8.44. The minimum Gasteiger partial charge on any atom is -0.337 e. The quantitative estimate of drug-likeness (QED) is 0.873. The number of nitrogens with zero attached hydrogens (tertiary/aromatic N) is 4. The molecule has 0 unspecified atom stereocenters. The van der Waals surface area contributed by atoms with Gasteiger partial charge in [-0.25, -0.2) is 4.98 Å². The summed E-state index contributed by atoms with van der Waals surface area (Å²) in [5.41, 5.74) is 3.61. The molecule has 0 aromatic carbocycles. The second-order valence-electron chi connectivity index (χ2n) is 6.65. The molecule has 0 spiro atoms. The van der Waals surface area contributed by atoms with Gasteiger partial charge in [0.25, 0.3) is 5.91 Å². The summed E-state index contributed by atoms with van der Waals surface area (Å²) in [6.45, 7) is 6.20. The molecule has 0 radical (unpaired) electrons. The van der Waals surface area contributed by atoms with E-state index in [0.29, 0.717) is 6.04 Å². The van der Waals surface area contributed by atoms with Crippen LogP contribution in [0.3, 0.4) is 0 Å². The molecule has 0 N–H and O–H groups in total. The molecule has 5 heteroatoms. The van der Waals surface area contributed by atoms with Gasteiger partial charge in [0.05, 0.1) is 5.69 Å². The van der Waals surface area contributed by atoms with E-state index in [0.717, 1.165) is 55.0 Å². The number of rotatable bonds is 3. The maximum absolute atomic E-state index is 13.1. The molecule has 3 rings (SSSR count). The Morgan fingerprint density at radius 2 is 2.04 bits per heavy atom. The van der Waals surface area contributed by atoms with Crippen LogP contribution in [0.1, 0.15) is 41.5 Å². The maximum Gasteiger partial charge on any atom is 0.272 e. The summed E-state index contributed by atoms with van der Waals surface area (Å²) in [7, 11) is 4.08. The molecule has 1 aliphatic heterocycles. The van der Waals surface area contributed by atoms with Crippen molar-refractivity contribution in [2.24, 2.45) is 0 Å². The first-order chi connectivity index (χ1) is 11.0. The fourth-order valence-corrected chi connectivity index (χ4v) is 3.39. The Balaban J connectivity index is 1.95. The van der Waals surface area contributed by atoms with Gasteiger partial charge in [-0.3, -0.25) is 9.20 Å². The Labute approximate surface area is 137 Å². The van der Waals surface area contributed by atoms with E-state index in [1.807, 2.05) is 41.6 Å². The average Bonchev–Trinajstić information content (AvgIpc) is 2.91. The minimum absolute atomic E-state index is 0.0921. The largest absolute Gasteiger partial charge is 0.337 e.